The van der Waals surface area contributed by atoms with Crippen molar-refractivity contribution < 1.29 is 18.3 Å². The maximum absolute atomic E-state index is 13.6. The molecule has 0 saturated carbocycles. The van der Waals surface area contributed by atoms with Gasteiger partial charge in [-0.3, -0.25) is 4.79 Å². The molecule has 0 bridgehead atoms. The number of rotatable bonds is 4. The first-order valence-corrected chi connectivity index (χ1v) is 7.32. The fourth-order valence-electron chi connectivity index (χ4n) is 2.42. The van der Waals surface area contributed by atoms with Gasteiger partial charge in [0.1, 0.15) is 17.4 Å². The molecule has 0 aromatic heterocycles. The molecule has 0 radical (unpaired) electrons. The van der Waals surface area contributed by atoms with Crippen LogP contribution in [0.1, 0.15) is 15.9 Å². The Balaban J connectivity index is 1.85. The van der Waals surface area contributed by atoms with Crippen LogP contribution in [0.2, 0.25) is 0 Å². The molecule has 120 valence electrons. The number of methoxy groups -OCH3 is 1. The average molecular weight is 324 g/mol. The molecular formula is C20H14F2O2. The van der Waals surface area contributed by atoms with Gasteiger partial charge in [-0.05, 0) is 52.7 Å². The summed E-state index contributed by atoms with van der Waals surface area (Å²) in [7, 11) is 1.61. The molecule has 0 unspecified atom stereocenters. The molecule has 0 aliphatic heterocycles. The van der Waals surface area contributed by atoms with Gasteiger partial charge in [0.25, 0.3) is 0 Å². The van der Waals surface area contributed by atoms with Crippen molar-refractivity contribution in [2.45, 2.75) is 0 Å². The van der Waals surface area contributed by atoms with Gasteiger partial charge < -0.3 is 4.74 Å². The Morgan fingerprint density at radius 1 is 0.958 bits per heavy atom. The minimum atomic E-state index is -0.866. The molecule has 4 heteroatoms. The Kier molecular flexibility index (Phi) is 4.38. The molecule has 0 N–H and O–H groups in total. The number of hydrogen-bond donors (Lipinski definition) is 0. The second-order valence-corrected chi connectivity index (χ2v) is 5.29. The maximum Gasteiger partial charge on any atom is 0.188 e. The lowest BCUT2D eigenvalue weighted by atomic mass is 10.0. The first-order chi connectivity index (χ1) is 11.6. The number of benzene rings is 3. The van der Waals surface area contributed by atoms with E-state index in [9.17, 15) is 13.6 Å². The summed E-state index contributed by atoms with van der Waals surface area (Å²) >= 11 is 0. The molecule has 0 atom stereocenters. The summed E-state index contributed by atoms with van der Waals surface area (Å²) in [5.41, 5.74) is 0.654. The predicted octanol–water partition coefficient (Wildman–Crippen LogP) is 5.02. The smallest absolute Gasteiger partial charge is 0.188 e. The van der Waals surface area contributed by atoms with Crippen LogP contribution in [0.4, 0.5) is 8.78 Å². The number of halogens is 2. The van der Waals surface area contributed by atoms with Crippen LogP contribution in [-0.4, -0.2) is 12.9 Å². The van der Waals surface area contributed by atoms with Crippen molar-refractivity contribution in [2.75, 3.05) is 7.11 Å². The molecule has 0 aliphatic carbocycles. The van der Waals surface area contributed by atoms with Gasteiger partial charge in [0, 0.05) is 6.07 Å². The van der Waals surface area contributed by atoms with Crippen LogP contribution in [0.25, 0.3) is 16.8 Å². The fourth-order valence-corrected chi connectivity index (χ4v) is 2.42. The highest BCUT2D eigenvalue weighted by Crippen LogP contribution is 2.22. The zero-order valence-corrected chi connectivity index (χ0v) is 12.9. The van der Waals surface area contributed by atoms with E-state index in [1.807, 2.05) is 36.4 Å². The second kappa shape index (κ2) is 6.62. The number of carbonyl (C=O) groups is 1. The van der Waals surface area contributed by atoms with Crippen molar-refractivity contribution in [3.8, 4) is 5.75 Å². The highest BCUT2D eigenvalue weighted by molar-refractivity contribution is 6.07. The van der Waals surface area contributed by atoms with E-state index in [4.69, 9.17) is 4.74 Å². The Hall–Kier alpha value is -3.01. The molecule has 2 nitrogen and oxygen atoms in total. The van der Waals surface area contributed by atoms with Crippen molar-refractivity contribution in [2.24, 2.45) is 0 Å². The molecule has 0 aliphatic rings. The van der Waals surface area contributed by atoms with E-state index in [1.165, 1.54) is 6.08 Å². The van der Waals surface area contributed by atoms with Gasteiger partial charge in [0.15, 0.2) is 5.78 Å². The van der Waals surface area contributed by atoms with E-state index in [0.29, 0.717) is 6.07 Å². The van der Waals surface area contributed by atoms with Crippen LogP contribution in [0.15, 0.2) is 60.7 Å². The van der Waals surface area contributed by atoms with E-state index < -0.39 is 17.4 Å². The van der Waals surface area contributed by atoms with Crippen molar-refractivity contribution >= 4 is 22.6 Å². The quantitative estimate of drug-likeness (QED) is 0.497. The summed E-state index contributed by atoms with van der Waals surface area (Å²) in [6.07, 6.45) is 2.88. The second-order valence-electron chi connectivity index (χ2n) is 5.29. The van der Waals surface area contributed by atoms with Crippen molar-refractivity contribution in [3.63, 3.8) is 0 Å². The van der Waals surface area contributed by atoms with E-state index >= 15 is 0 Å². The highest BCUT2D eigenvalue weighted by atomic mass is 19.1. The summed E-state index contributed by atoms with van der Waals surface area (Å²) in [5.74, 6) is -1.32. The van der Waals surface area contributed by atoms with Gasteiger partial charge in [-0.2, -0.15) is 0 Å². The molecule has 0 heterocycles. The topological polar surface area (TPSA) is 26.3 Å². The third-order valence-corrected chi connectivity index (χ3v) is 3.70. The molecule has 0 spiro atoms. The van der Waals surface area contributed by atoms with Gasteiger partial charge in [-0.25, -0.2) is 8.78 Å². The Bertz CT molecular complexity index is 946. The lowest BCUT2D eigenvalue weighted by molar-refractivity contribution is 0.104. The lowest BCUT2D eigenvalue weighted by Crippen LogP contribution is -1.99. The van der Waals surface area contributed by atoms with Crippen LogP contribution >= 0.6 is 0 Å². The SMILES string of the molecule is COc1ccc2cc(C=CC(=O)c3ccc(F)cc3F)ccc2c1. The first kappa shape index (κ1) is 15.9. The van der Waals surface area contributed by atoms with Crippen molar-refractivity contribution in [3.05, 3.63) is 83.4 Å². The molecule has 24 heavy (non-hydrogen) atoms. The maximum atomic E-state index is 13.6. The molecule has 3 aromatic carbocycles. The van der Waals surface area contributed by atoms with Crippen LogP contribution in [0.3, 0.4) is 0 Å². The predicted molar refractivity (Wildman–Crippen MR) is 90.2 cm³/mol. The third-order valence-electron chi connectivity index (χ3n) is 3.70. The average Bonchev–Trinajstić information content (AvgIpc) is 2.59. The molecule has 3 rings (SSSR count). The third kappa shape index (κ3) is 3.33. The van der Waals surface area contributed by atoms with E-state index in [-0.39, 0.29) is 5.56 Å². The van der Waals surface area contributed by atoms with Gasteiger partial charge in [0.05, 0.1) is 12.7 Å². The van der Waals surface area contributed by atoms with Gasteiger partial charge in [-0.15, -0.1) is 0 Å². The summed E-state index contributed by atoms with van der Waals surface area (Å²) in [6.45, 7) is 0. The number of hydrogen-bond acceptors (Lipinski definition) is 2. The first-order valence-electron chi connectivity index (χ1n) is 7.32. The summed E-state index contributed by atoms with van der Waals surface area (Å²) in [6, 6.07) is 14.3. The molecular weight excluding hydrogens is 310 g/mol. The summed E-state index contributed by atoms with van der Waals surface area (Å²) in [4.78, 5) is 12.0. The molecule has 0 amide bonds. The van der Waals surface area contributed by atoms with Crippen LogP contribution in [-0.2, 0) is 0 Å². The molecule has 0 saturated heterocycles. The van der Waals surface area contributed by atoms with Crippen LogP contribution in [0, 0.1) is 11.6 Å². The monoisotopic (exact) mass is 324 g/mol. The Morgan fingerprint density at radius 2 is 1.71 bits per heavy atom. The van der Waals surface area contributed by atoms with Crippen LogP contribution in [0.5, 0.6) is 5.75 Å². The van der Waals surface area contributed by atoms with E-state index in [0.717, 1.165) is 34.2 Å². The number of fused-ring (bicyclic) bond motifs is 1. The van der Waals surface area contributed by atoms with Crippen molar-refractivity contribution in [1.29, 1.82) is 0 Å². The van der Waals surface area contributed by atoms with Gasteiger partial charge >= 0.3 is 0 Å². The van der Waals surface area contributed by atoms with E-state index in [1.54, 1.807) is 13.2 Å². The number of ether oxygens (including phenoxy) is 1. The number of allylic oxidation sites excluding steroid dienone is 1. The Morgan fingerprint density at radius 3 is 2.46 bits per heavy atom. The van der Waals surface area contributed by atoms with Gasteiger partial charge in [0.2, 0.25) is 0 Å². The Labute approximate surface area is 138 Å². The fraction of sp³-hybridized carbons (Fsp3) is 0.0500. The van der Waals surface area contributed by atoms with Crippen LogP contribution < -0.4 is 4.74 Å². The standard InChI is InChI=1S/C20H14F2O2/c1-24-17-7-5-14-10-13(2-4-15(14)11-17)3-9-20(23)18-8-6-16(21)12-19(18)22/h2-12H,1H3. The minimum absolute atomic E-state index is 0.154. The zero-order chi connectivity index (χ0) is 17.1. The minimum Gasteiger partial charge on any atom is -0.497 e. The van der Waals surface area contributed by atoms with Gasteiger partial charge in [-0.1, -0.05) is 24.3 Å². The molecule has 0 fully saturated rings. The van der Waals surface area contributed by atoms with Crippen molar-refractivity contribution in [1.82, 2.24) is 0 Å². The number of carbonyl (C=O) groups excluding carboxylic acids is 1. The van der Waals surface area contributed by atoms with E-state index in [2.05, 4.69) is 0 Å². The summed E-state index contributed by atoms with van der Waals surface area (Å²) < 4.78 is 31.7. The largest absolute Gasteiger partial charge is 0.497 e. The lowest BCUT2D eigenvalue weighted by Gasteiger charge is -2.03. The summed E-state index contributed by atoms with van der Waals surface area (Å²) in [5, 5.41) is 2.01. The zero-order valence-electron chi connectivity index (χ0n) is 12.9. The molecule has 3 aromatic rings. The normalized spacial score (nSPS) is 11.1. The number of ketones is 1. The highest BCUT2D eigenvalue weighted by Gasteiger charge is 2.09.